The Balaban J connectivity index is 2.37. The summed E-state index contributed by atoms with van der Waals surface area (Å²) >= 11 is 0. The molecular formula is C12H10F3N3O. The molecular weight excluding hydrogens is 259 g/mol. The Labute approximate surface area is 107 Å². The summed E-state index contributed by atoms with van der Waals surface area (Å²) in [5.74, 6) is 0.0755. The monoisotopic (exact) mass is 269 g/mol. The van der Waals surface area contributed by atoms with E-state index in [-0.39, 0.29) is 30.0 Å². The van der Waals surface area contributed by atoms with Crippen molar-refractivity contribution in [1.29, 1.82) is 5.26 Å². The highest BCUT2D eigenvalue weighted by Gasteiger charge is 2.34. The molecule has 0 atom stereocenters. The van der Waals surface area contributed by atoms with Crippen LogP contribution in [0.5, 0.6) is 0 Å². The van der Waals surface area contributed by atoms with Crippen LogP contribution in [0.2, 0.25) is 0 Å². The number of alkyl halides is 3. The zero-order valence-electron chi connectivity index (χ0n) is 9.87. The van der Waals surface area contributed by atoms with Gasteiger partial charge in [-0.2, -0.15) is 18.4 Å². The highest BCUT2D eigenvalue weighted by atomic mass is 19.4. The quantitative estimate of drug-likeness (QED) is 0.783. The first kappa shape index (κ1) is 13.3. The van der Waals surface area contributed by atoms with E-state index in [1.807, 2.05) is 6.07 Å². The minimum Gasteiger partial charge on any atom is -0.355 e. The summed E-state index contributed by atoms with van der Waals surface area (Å²) in [5, 5.41) is 8.93. The van der Waals surface area contributed by atoms with Crippen LogP contribution in [0.3, 0.4) is 0 Å². The summed E-state index contributed by atoms with van der Waals surface area (Å²) in [5.41, 5.74) is -0.944. The number of carbonyl (C=O) groups excluding carboxylic acids is 1. The topological polar surface area (TPSA) is 57.0 Å². The Bertz CT molecular complexity index is 538. The third kappa shape index (κ3) is 2.84. The van der Waals surface area contributed by atoms with Crippen molar-refractivity contribution in [3.63, 3.8) is 0 Å². The maximum absolute atomic E-state index is 12.6. The number of piperidine rings is 1. The van der Waals surface area contributed by atoms with Gasteiger partial charge >= 0.3 is 6.18 Å². The Morgan fingerprint density at radius 2 is 1.89 bits per heavy atom. The summed E-state index contributed by atoms with van der Waals surface area (Å²) in [6, 6.07) is 3.73. The van der Waals surface area contributed by atoms with Crippen LogP contribution in [-0.4, -0.2) is 23.9 Å². The van der Waals surface area contributed by atoms with Gasteiger partial charge in [0.05, 0.1) is 5.56 Å². The lowest BCUT2D eigenvalue weighted by Gasteiger charge is -2.28. The van der Waals surface area contributed by atoms with Crippen LogP contribution in [0, 0.1) is 11.3 Å². The fraction of sp³-hybridized carbons (Fsp3) is 0.417. The van der Waals surface area contributed by atoms with E-state index in [2.05, 4.69) is 4.98 Å². The summed E-state index contributed by atoms with van der Waals surface area (Å²) in [4.78, 5) is 16.2. The molecule has 0 saturated carbocycles. The lowest BCUT2D eigenvalue weighted by Crippen LogP contribution is -2.35. The van der Waals surface area contributed by atoms with Gasteiger partial charge < -0.3 is 4.90 Å². The van der Waals surface area contributed by atoms with Gasteiger partial charge in [0.1, 0.15) is 23.4 Å². The maximum Gasteiger partial charge on any atom is 0.433 e. The van der Waals surface area contributed by atoms with Crippen LogP contribution in [-0.2, 0) is 11.0 Å². The maximum atomic E-state index is 12.6. The largest absolute Gasteiger partial charge is 0.433 e. The van der Waals surface area contributed by atoms with Gasteiger partial charge in [0, 0.05) is 25.9 Å². The Morgan fingerprint density at radius 1 is 1.26 bits per heavy atom. The number of ketones is 1. The number of aromatic nitrogens is 1. The van der Waals surface area contributed by atoms with Crippen molar-refractivity contribution < 1.29 is 18.0 Å². The van der Waals surface area contributed by atoms with Crippen molar-refractivity contribution in [3.05, 3.63) is 23.4 Å². The first-order chi connectivity index (χ1) is 8.91. The van der Waals surface area contributed by atoms with Crippen LogP contribution >= 0.6 is 0 Å². The number of nitriles is 1. The molecule has 100 valence electrons. The number of hydrogen-bond donors (Lipinski definition) is 0. The average molecular weight is 269 g/mol. The third-order valence-corrected chi connectivity index (χ3v) is 2.91. The van der Waals surface area contributed by atoms with Crippen molar-refractivity contribution in [2.75, 3.05) is 18.0 Å². The van der Waals surface area contributed by atoms with E-state index < -0.39 is 11.9 Å². The second-order valence-corrected chi connectivity index (χ2v) is 4.20. The summed E-state index contributed by atoms with van der Waals surface area (Å²) < 4.78 is 37.8. The summed E-state index contributed by atoms with van der Waals surface area (Å²) in [6.07, 6.45) is -4.01. The van der Waals surface area contributed by atoms with Gasteiger partial charge in [-0.25, -0.2) is 4.98 Å². The minimum atomic E-state index is -4.55. The van der Waals surface area contributed by atoms with Crippen molar-refractivity contribution in [2.24, 2.45) is 0 Å². The zero-order chi connectivity index (χ0) is 14.0. The number of nitrogens with zero attached hydrogens (tertiary/aromatic N) is 3. The average Bonchev–Trinajstić information content (AvgIpc) is 2.38. The molecule has 4 nitrogen and oxygen atoms in total. The zero-order valence-corrected chi connectivity index (χ0v) is 9.87. The van der Waals surface area contributed by atoms with Crippen LogP contribution in [0.15, 0.2) is 12.1 Å². The summed E-state index contributed by atoms with van der Waals surface area (Å²) in [7, 11) is 0. The predicted molar refractivity (Wildman–Crippen MR) is 60.4 cm³/mol. The fourth-order valence-electron chi connectivity index (χ4n) is 1.90. The number of carbonyl (C=O) groups is 1. The van der Waals surface area contributed by atoms with Crippen LogP contribution in [0.4, 0.5) is 19.0 Å². The van der Waals surface area contributed by atoms with E-state index in [1.54, 1.807) is 4.90 Å². The standard InChI is InChI=1S/C12H10F3N3O/c13-12(14,15)10-2-1-8(7-16)11(17-10)18-5-3-9(19)4-6-18/h1-2H,3-6H2. The van der Waals surface area contributed by atoms with Crippen LogP contribution in [0.25, 0.3) is 0 Å². The molecule has 1 aromatic rings. The molecule has 0 aromatic carbocycles. The molecule has 2 heterocycles. The molecule has 0 N–H and O–H groups in total. The Kier molecular flexibility index (Phi) is 3.42. The van der Waals surface area contributed by atoms with Crippen molar-refractivity contribution >= 4 is 11.6 Å². The van der Waals surface area contributed by atoms with Gasteiger partial charge in [0.25, 0.3) is 0 Å². The second kappa shape index (κ2) is 4.88. The Hall–Kier alpha value is -2.10. The predicted octanol–water partition coefficient (Wildman–Crippen LogP) is 2.14. The van der Waals surface area contributed by atoms with Crippen molar-refractivity contribution in [3.8, 4) is 6.07 Å². The molecule has 0 unspecified atom stereocenters. The minimum absolute atomic E-state index is 0.00447. The molecule has 1 saturated heterocycles. The van der Waals surface area contributed by atoms with E-state index in [0.717, 1.165) is 12.1 Å². The van der Waals surface area contributed by atoms with Gasteiger partial charge in [0.15, 0.2) is 0 Å². The van der Waals surface area contributed by atoms with Gasteiger partial charge in [-0.3, -0.25) is 4.79 Å². The van der Waals surface area contributed by atoms with Gasteiger partial charge in [-0.05, 0) is 12.1 Å². The number of rotatable bonds is 1. The van der Waals surface area contributed by atoms with Gasteiger partial charge in [-0.15, -0.1) is 0 Å². The van der Waals surface area contributed by atoms with E-state index in [9.17, 15) is 18.0 Å². The smallest absolute Gasteiger partial charge is 0.355 e. The van der Waals surface area contributed by atoms with E-state index >= 15 is 0 Å². The first-order valence-electron chi connectivity index (χ1n) is 5.67. The summed E-state index contributed by atoms with van der Waals surface area (Å²) in [6.45, 7) is 0.587. The van der Waals surface area contributed by atoms with Gasteiger partial charge in [0.2, 0.25) is 0 Å². The van der Waals surface area contributed by atoms with E-state index in [1.165, 1.54) is 0 Å². The molecule has 0 radical (unpaired) electrons. The van der Waals surface area contributed by atoms with Gasteiger partial charge in [-0.1, -0.05) is 0 Å². The normalized spacial score (nSPS) is 16.3. The molecule has 2 rings (SSSR count). The SMILES string of the molecule is N#Cc1ccc(C(F)(F)F)nc1N1CCC(=O)CC1. The molecule has 1 fully saturated rings. The Morgan fingerprint density at radius 3 is 2.42 bits per heavy atom. The molecule has 0 bridgehead atoms. The van der Waals surface area contributed by atoms with Crippen LogP contribution in [0.1, 0.15) is 24.1 Å². The van der Waals surface area contributed by atoms with E-state index in [4.69, 9.17) is 5.26 Å². The molecule has 0 aliphatic carbocycles. The third-order valence-electron chi connectivity index (χ3n) is 2.91. The molecule has 0 spiro atoms. The number of anilines is 1. The fourth-order valence-corrected chi connectivity index (χ4v) is 1.90. The highest BCUT2D eigenvalue weighted by molar-refractivity contribution is 5.81. The molecule has 19 heavy (non-hydrogen) atoms. The lowest BCUT2D eigenvalue weighted by molar-refractivity contribution is -0.141. The number of halogens is 3. The molecule has 1 aliphatic rings. The molecule has 7 heteroatoms. The first-order valence-corrected chi connectivity index (χ1v) is 5.67. The van der Waals surface area contributed by atoms with Crippen molar-refractivity contribution in [1.82, 2.24) is 4.98 Å². The lowest BCUT2D eigenvalue weighted by atomic mass is 10.1. The molecule has 1 aliphatic heterocycles. The van der Waals surface area contributed by atoms with E-state index in [0.29, 0.717) is 13.1 Å². The number of pyridine rings is 1. The number of hydrogen-bond acceptors (Lipinski definition) is 4. The number of Topliss-reactive ketones (excluding diaryl/α,β-unsaturated/α-hetero) is 1. The highest BCUT2D eigenvalue weighted by Crippen LogP contribution is 2.31. The van der Waals surface area contributed by atoms with Crippen LogP contribution < -0.4 is 4.90 Å². The molecule has 1 aromatic heterocycles. The van der Waals surface area contributed by atoms with Crippen molar-refractivity contribution in [2.45, 2.75) is 19.0 Å². The second-order valence-electron chi connectivity index (χ2n) is 4.20. The molecule has 0 amide bonds.